The molecule has 2 aromatic carbocycles. The number of benzene rings is 2. The monoisotopic (exact) mass is 453 g/mol. The van der Waals surface area contributed by atoms with Gasteiger partial charge in [0.2, 0.25) is 5.91 Å². The summed E-state index contributed by atoms with van der Waals surface area (Å²) in [6.07, 6.45) is 0.733. The van der Waals surface area contributed by atoms with Crippen molar-refractivity contribution in [3.63, 3.8) is 0 Å². The lowest BCUT2D eigenvalue weighted by Gasteiger charge is -2.33. The molecule has 0 radical (unpaired) electrons. The van der Waals surface area contributed by atoms with Crippen molar-refractivity contribution in [1.29, 1.82) is 0 Å². The highest BCUT2D eigenvalue weighted by Gasteiger charge is 2.31. The van der Waals surface area contributed by atoms with Crippen LogP contribution in [0.5, 0.6) is 5.75 Å². The summed E-state index contributed by atoms with van der Waals surface area (Å²) < 4.78 is 10.5. The fraction of sp³-hybridized carbons (Fsp3) is 0.400. The first kappa shape index (κ1) is 24.3. The van der Waals surface area contributed by atoms with E-state index in [1.807, 2.05) is 13.8 Å². The van der Waals surface area contributed by atoms with Crippen LogP contribution in [0.4, 0.5) is 5.69 Å². The molecule has 33 heavy (non-hydrogen) atoms. The summed E-state index contributed by atoms with van der Waals surface area (Å²) >= 11 is 0. The second kappa shape index (κ2) is 11.5. The first-order valence-electron chi connectivity index (χ1n) is 11.2. The van der Waals surface area contributed by atoms with Gasteiger partial charge in [-0.05, 0) is 42.3 Å². The van der Waals surface area contributed by atoms with Gasteiger partial charge < -0.3 is 25.0 Å². The van der Waals surface area contributed by atoms with Crippen LogP contribution in [0.3, 0.4) is 0 Å². The Labute approximate surface area is 194 Å². The van der Waals surface area contributed by atoms with E-state index in [9.17, 15) is 14.4 Å². The molecule has 2 atom stereocenters. The molecule has 0 saturated carbocycles. The summed E-state index contributed by atoms with van der Waals surface area (Å²) in [7, 11) is 1.56. The molecule has 2 N–H and O–H groups in total. The number of nitrogens with one attached hydrogen (secondary N) is 2. The molecule has 8 heteroatoms. The van der Waals surface area contributed by atoms with Crippen LogP contribution in [-0.2, 0) is 9.53 Å². The first-order valence-corrected chi connectivity index (χ1v) is 11.2. The van der Waals surface area contributed by atoms with E-state index in [0.29, 0.717) is 48.9 Å². The van der Waals surface area contributed by atoms with Gasteiger partial charge in [0.15, 0.2) is 0 Å². The zero-order valence-corrected chi connectivity index (χ0v) is 19.3. The van der Waals surface area contributed by atoms with E-state index < -0.39 is 11.9 Å². The van der Waals surface area contributed by atoms with Crippen LogP contribution < -0.4 is 15.4 Å². The molecule has 1 aliphatic heterocycles. The van der Waals surface area contributed by atoms with E-state index in [0.717, 1.165) is 6.42 Å². The largest absolute Gasteiger partial charge is 0.497 e. The van der Waals surface area contributed by atoms with E-state index in [2.05, 4.69) is 10.6 Å². The Balaban J connectivity index is 1.76. The van der Waals surface area contributed by atoms with Crippen LogP contribution in [0.25, 0.3) is 0 Å². The normalized spacial score (nSPS) is 15.3. The zero-order valence-electron chi connectivity index (χ0n) is 19.3. The highest BCUT2D eigenvalue weighted by atomic mass is 16.5. The Morgan fingerprint density at radius 3 is 2.33 bits per heavy atom. The number of hydrogen-bond acceptors (Lipinski definition) is 5. The van der Waals surface area contributed by atoms with Crippen molar-refractivity contribution in [3.05, 3.63) is 59.7 Å². The van der Waals surface area contributed by atoms with Crippen LogP contribution >= 0.6 is 0 Å². The number of hydrogen-bond donors (Lipinski definition) is 2. The van der Waals surface area contributed by atoms with Crippen molar-refractivity contribution in [2.75, 3.05) is 38.7 Å². The van der Waals surface area contributed by atoms with E-state index >= 15 is 0 Å². The predicted octanol–water partition coefficient (Wildman–Crippen LogP) is 2.95. The van der Waals surface area contributed by atoms with Gasteiger partial charge in [-0.1, -0.05) is 32.4 Å². The molecule has 3 amide bonds. The van der Waals surface area contributed by atoms with Crippen molar-refractivity contribution in [2.45, 2.75) is 26.3 Å². The van der Waals surface area contributed by atoms with Crippen molar-refractivity contribution in [3.8, 4) is 5.75 Å². The fourth-order valence-corrected chi connectivity index (χ4v) is 3.61. The maximum absolute atomic E-state index is 13.2. The molecule has 2 unspecified atom stereocenters. The van der Waals surface area contributed by atoms with Gasteiger partial charge >= 0.3 is 0 Å². The molecular weight excluding hydrogens is 422 g/mol. The van der Waals surface area contributed by atoms with Crippen LogP contribution in [-0.4, -0.2) is 62.1 Å². The van der Waals surface area contributed by atoms with Crippen molar-refractivity contribution >= 4 is 23.4 Å². The molecule has 2 aromatic rings. The average molecular weight is 454 g/mol. The standard InChI is InChI=1S/C25H31N3O5/c1-4-17(2)22(25(31)28-13-15-33-16-14-28)27-24(30)20-7-5-6-8-21(20)26-23(29)18-9-11-19(32-3)12-10-18/h5-12,17,22H,4,13-16H2,1-3H3,(H,26,29)(H,27,30). The van der Waals surface area contributed by atoms with Gasteiger partial charge in [0.1, 0.15) is 11.8 Å². The molecule has 1 fully saturated rings. The highest BCUT2D eigenvalue weighted by Crippen LogP contribution is 2.19. The molecule has 0 aromatic heterocycles. The van der Waals surface area contributed by atoms with E-state index in [1.165, 1.54) is 0 Å². The number of para-hydroxylation sites is 1. The number of methoxy groups -OCH3 is 1. The molecule has 1 saturated heterocycles. The number of carbonyl (C=O) groups excluding carboxylic acids is 3. The van der Waals surface area contributed by atoms with Gasteiger partial charge in [-0.25, -0.2) is 0 Å². The molecule has 8 nitrogen and oxygen atoms in total. The van der Waals surface area contributed by atoms with Gasteiger partial charge in [0.25, 0.3) is 11.8 Å². The minimum Gasteiger partial charge on any atom is -0.497 e. The third-order valence-electron chi connectivity index (χ3n) is 5.86. The molecule has 0 aliphatic carbocycles. The minimum atomic E-state index is -0.661. The number of carbonyl (C=O) groups is 3. The number of nitrogens with zero attached hydrogens (tertiary/aromatic N) is 1. The topological polar surface area (TPSA) is 97.0 Å². The Hall–Kier alpha value is -3.39. The Kier molecular flexibility index (Phi) is 8.43. The molecule has 1 aliphatic rings. The smallest absolute Gasteiger partial charge is 0.255 e. The Morgan fingerprint density at radius 2 is 1.70 bits per heavy atom. The average Bonchev–Trinajstić information content (AvgIpc) is 2.87. The summed E-state index contributed by atoms with van der Waals surface area (Å²) in [6.45, 7) is 5.94. The van der Waals surface area contributed by atoms with Gasteiger partial charge in [-0.3, -0.25) is 14.4 Å². The summed E-state index contributed by atoms with van der Waals surface area (Å²) in [5, 5.41) is 5.71. The molecule has 3 rings (SSSR count). The third kappa shape index (κ3) is 6.10. The summed E-state index contributed by atoms with van der Waals surface area (Å²) in [4.78, 5) is 40.8. The quantitative estimate of drug-likeness (QED) is 0.641. The van der Waals surface area contributed by atoms with E-state index in [-0.39, 0.29) is 17.7 Å². The molecular formula is C25H31N3O5. The maximum Gasteiger partial charge on any atom is 0.255 e. The number of anilines is 1. The van der Waals surface area contributed by atoms with Crippen LogP contribution in [0, 0.1) is 5.92 Å². The Bertz CT molecular complexity index is 970. The molecule has 0 spiro atoms. The van der Waals surface area contributed by atoms with Gasteiger partial charge in [0, 0.05) is 18.7 Å². The highest BCUT2D eigenvalue weighted by molar-refractivity contribution is 6.09. The van der Waals surface area contributed by atoms with Crippen molar-refractivity contribution < 1.29 is 23.9 Å². The van der Waals surface area contributed by atoms with Crippen LogP contribution in [0.15, 0.2) is 48.5 Å². The second-order valence-corrected chi connectivity index (χ2v) is 8.00. The number of amides is 3. The van der Waals surface area contributed by atoms with Crippen LogP contribution in [0.1, 0.15) is 41.0 Å². The summed E-state index contributed by atoms with van der Waals surface area (Å²) in [5.41, 5.74) is 1.10. The molecule has 176 valence electrons. The third-order valence-corrected chi connectivity index (χ3v) is 5.86. The lowest BCUT2D eigenvalue weighted by molar-refractivity contribution is -0.138. The van der Waals surface area contributed by atoms with E-state index in [1.54, 1.807) is 60.5 Å². The summed E-state index contributed by atoms with van der Waals surface area (Å²) in [5.74, 6) is -0.272. The number of ether oxygens (including phenoxy) is 2. The first-order chi connectivity index (χ1) is 15.9. The van der Waals surface area contributed by atoms with Gasteiger partial charge in [-0.2, -0.15) is 0 Å². The molecule has 0 bridgehead atoms. The lowest BCUT2D eigenvalue weighted by atomic mass is 9.97. The SMILES string of the molecule is CCC(C)C(NC(=O)c1ccccc1NC(=O)c1ccc(OC)cc1)C(=O)N1CCOCC1. The second-order valence-electron chi connectivity index (χ2n) is 8.00. The van der Waals surface area contributed by atoms with Crippen molar-refractivity contribution in [1.82, 2.24) is 10.2 Å². The molecule has 1 heterocycles. The fourth-order valence-electron chi connectivity index (χ4n) is 3.61. The Morgan fingerprint density at radius 1 is 1.03 bits per heavy atom. The zero-order chi connectivity index (χ0) is 23.8. The number of rotatable bonds is 8. The minimum absolute atomic E-state index is 0.0506. The maximum atomic E-state index is 13.2. The van der Waals surface area contributed by atoms with Gasteiger partial charge in [0.05, 0.1) is 31.6 Å². The lowest BCUT2D eigenvalue weighted by Crippen LogP contribution is -2.54. The summed E-state index contributed by atoms with van der Waals surface area (Å²) in [6, 6.07) is 12.8. The number of morpholine rings is 1. The predicted molar refractivity (Wildman–Crippen MR) is 125 cm³/mol. The van der Waals surface area contributed by atoms with E-state index in [4.69, 9.17) is 9.47 Å². The van der Waals surface area contributed by atoms with Crippen molar-refractivity contribution in [2.24, 2.45) is 5.92 Å². The van der Waals surface area contributed by atoms with Crippen LogP contribution in [0.2, 0.25) is 0 Å². The van der Waals surface area contributed by atoms with Gasteiger partial charge in [-0.15, -0.1) is 0 Å².